The average Bonchev–Trinajstić information content (AvgIpc) is 1.83. The second kappa shape index (κ2) is 3.59. The van der Waals surface area contributed by atoms with Crippen LogP contribution in [0.5, 0.6) is 0 Å². The Labute approximate surface area is 63.9 Å². The third kappa shape index (κ3) is 6.38. The van der Waals surface area contributed by atoms with Gasteiger partial charge < -0.3 is 4.52 Å². The fourth-order valence-corrected chi connectivity index (χ4v) is 0.867. The van der Waals surface area contributed by atoms with Crippen LogP contribution in [0.25, 0.3) is 0 Å². The van der Waals surface area contributed by atoms with Crippen LogP contribution in [0, 0.1) is 0 Å². The second-order valence-corrected chi connectivity index (χ2v) is 5.63. The molecule has 0 atom stereocenters. The Morgan fingerprint density at radius 3 is 2.09 bits per heavy atom. The molecule has 0 fully saturated rings. The van der Waals surface area contributed by atoms with Crippen LogP contribution in [0.4, 0.5) is 13.2 Å². The van der Waals surface area contributed by atoms with Crippen molar-refractivity contribution in [1.82, 2.24) is 0 Å². The van der Waals surface area contributed by atoms with E-state index < -0.39 is 20.1 Å². The average molecular weight is 189 g/mol. The Hall–Kier alpha value is -0.0200. The maximum absolute atomic E-state index is 11.6. The molecule has 0 aromatic carbocycles. The molecule has 0 unspecified atom stereocenters. The van der Waals surface area contributed by atoms with Crippen LogP contribution < -0.4 is 0 Å². The molecule has 0 amide bonds. The van der Waals surface area contributed by atoms with E-state index in [4.69, 9.17) is 0 Å². The Morgan fingerprint density at radius 1 is 1.36 bits per heavy atom. The van der Waals surface area contributed by atoms with Crippen molar-refractivity contribution in [1.29, 1.82) is 0 Å². The molecule has 0 spiro atoms. The van der Waals surface area contributed by atoms with Gasteiger partial charge in [-0.2, -0.15) is 13.2 Å². The van der Waals surface area contributed by atoms with Crippen LogP contribution >= 0.6 is 7.28 Å². The maximum atomic E-state index is 11.6. The Balaban J connectivity index is 3.91. The highest BCUT2D eigenvalue weighted by molar-refractivity contribution is 7.59. The van der Waals surface area contributed by atoms with Gasteiger partial charge >= 0.3 is 6.18 Å². The fourth-order valence-electron chi connectivity index (χ4n) is 0.289. The number of halogens is 3. The highest BCUT2D eigenvalue weighted by Crippen LogP contribution is 2.42. The molecule has 11 heavy (non-hydrogen) atoms. The van der Waals surface area contributed by atoms with Gasteiger partial charge in [0, 0.05) is 7.05 Å². The predicted octanol–water partition coefficient (Wildman–Crippen LogP) is 2.57. The number of alkyl halides is 3. The van der Waals surface area contributed by atoms with Crippen LogP contribution in [0.1, 0.15) is 0 Å². The molecule has 0 aromatic rings. The zero-order chi connectivity index (χ0) is 9.12. The summed E-state index contributed by atoms with van der Waals surface area (Å²) in [5.41, 5.74) is 0. The van der Waals surface area contributed by atoms with Crippen molar-refractivity contribution in [3.8, 4) is 0 Å². The van der Waals surface area contributed by atoms with Gasteiger partial charge in [-0.3, -0.25) is 4.74 Å². The first-order chi connectivity index (χ1) is 4.77. The molecule has 68 valence electrons. The summed E-state index contributed by atoms with van der Waals surface area (Å²) in [6.45, 7) is 1.96. The molecule has 0 aliphatic rings. The van der Waals surface area contributed by atoms with Crippen molar-refractivity contribution in [2.24, 2.45) is 4.74 Å². The largest absolute Gasteiger partial charge is 0.412 e. The highest BCUT2D eigenvalue weighted by Gasteiger charge is 2.29. The summed E-state index contributed by atoms with van der Waals surface area (Å²) in [4.78, 5) is 0. The summed E-state index contributed by atoms with van der Waals surface area (Å²) in [5.74, 6) is 0. The van der Waals surface area contributed by atoms with E-state index in [1.54, 1.807) is 13.3 Å². The molecule has 0 radical (unpaired) electrons. The normalized spacial score (nSPS) is 13.3. The molecule has 0 N–H and O–H groups in total. The number of nitrogens with zero attached hydrogens (tertiary/aromatic N) is 1. The molecule has 0 saturated heterocycles. The first-order valence-corrected chi connectivity index (χ1v) is 5.49. The molecule has 0 bridgehead atoms. The summed E-state index contributed by atoms with van der Waals surface area (Å²) in [5, 5.41) is 0. The molecule has 0 aliphatic heterocycles. The lowest BCUT2D eigenvalue weighted by molar-refractivity contribution is -0.152. The molecule has 0 aliphatic carbocycles. The summed E-state index contributed by atoms with van der Waals surface area (Å²) < 4.78 is 43.0. The molecular weight excluding hydrogens is 178 g/mol. The zero-order valence-corrected chi connectivity index (χ0v) is 7.54. The van der Waals surface area contributed by atoms with Gasteiger partial charge in [0.15, 0.2) is 0 Å². The van der Waals surface area contributed by atoms with Crippen molar-refractivity contribution in [3.63, 3.8) is 0 Å². The lowest BCUT2D eigenvalue weighted by Gasteiger charge is -2.15. The third-order valence-electron chi connectivity index (χ3n) is 1.03. The topological polar surface area (TPSA) is 21.6 Å². The van der Waals surface area contributed by atoms with Crippen LogP contribution in [0.2, 0.25) is 0 Å². The van der Waals surface area contributed by atoms with Gasteiger partial charge in [-0.1, -0.05) is 0 Å². The van der Waals surface area contributed by atoms with Crippen molar-refractivity contribution in [2.75, 3.05) is 27.0 Å². The van der Waals surface area contributed by atoms with E-state index in [9.17, 15) is 13.2 Å². The van der Waals surface area contributed by atoms with E-state index >= 15 is 0 Å². The molecule has 2 nitrogen and oxygen atoms in total. The van der Waals surface area contributed by atoms with Crippen LogP contribution in [-0.4, -0.2) is 33.2 Å². The molecule has 6 heteroatoms. The second-order valence-electron chi connectivity index (χ2n) is 2.38. The van der Waals surface area contributed by atoms with Gasteiger partial charge in [-0.25, -0.2) is 0 Å². The SMILES string of the molecule is CN=P(C)(C)OCC(F)(F)F. The number of rotatable bonds is 2. The van der Waals surface area contributed by atoms with Gasteiger partial charge in [0.2, 0.25) is 0 Å². The quantitative estimate of drug-likeness (QED) is 0.611. The first-order valence-electron chi connectivity index (χ1n) is 2.93. The van der Waals surface area contributed by atoms with Crippen molar-refractivity contribution >= 4 is 7.28 Å². The molecule has 0 aromatic heterocycles. The smallest absolute Gasteiger partial charge is 0.336 e. The lowest BCUT2D eigenvalue weighted by Crippen LogP contribution is -2.15. The zero-order valence-electron chi connectivity index (χ0n) is 6.64. The van der Waals surface area contributed by atoms with Gasteiger partial charge in [-0.05, 0) is 13.3 Å². The highest BCUT2D eigenvalue weighted by atomic mass is 31.2. The number of hydrogen-bond acceptors (Lipinski definition) is 2. The van der Waals surface area contributed by atoms with Gasteiger partial charge in [0.1, 0.15) is 6.61 Å². The molecule has 0 saturated carbocycles. The minimum absolute atomic E-state index is 1.20. The van der Waals surface area contributed by atoms with E-state index in [1.165, 1.54) is 7.05 Å². The third-order valence-corrected chi connectivity index (χ3v) is 2.75. The summed E-state index contributed by atoms with van der Waals surface area (Å²) in [6, 6.07) is 0. The van der Waals surface area contributed by atoms with E-state index in [-0.39, 0.29) is 0 Å². The van der Waals surface area contributed by atoms with Crippen LogP contribution in [0.3, 0.4) is 0 Å². The summed E-state index contributed by atoms with van der Waals surface area (Å²) >= 11 is 0. The molecule has 0 rings (SSSR count). The lowest BCUT2D eigenvalue weighted by atomic mass is 10.7. The van der Waals surface area contributed by atoms with Crippen molar-refractivity contribution in [2.45, 2.75) is 6.18 Å². The van der Waals surface area contributed by atoms with Crippen molar-refractivity contribution in [3.05, 3.63) is 0 Å². The first kappa shape index (κ1) is 11.0. The van der Waals surface area contributed by atoms with E-state index in [1.807, 2.05) is 0 Å². The summed E-state index contributed by atoms with van der Waals surface area (Å²) in [7, 11) is -0.652. The minimum atomic E-state index is -4.25. The van der Waals surface area contributed by atoms with E-state index in [0.717, 1.165) is 0 Å². The van der Waals surface area contributed by atoms with Gasteiger partial charge in [0.05, 0.1) is 7.28 Å². The minimum Gasteiger partial charge on any atom is -0.336 e. The predicted molar refractivity (Wildman–Crippen MR) is 39.1 cm³/mol. The Bertz CT molecular complexity index is 171. The summed E-state index contributed by atoms with van der Waals surface area (Å²) in [6.07, 6.45) is -4.25. The Morgan fingerprint density at radius 2 is 1.82 bits per heavy atom. The monoisotopic (exact) mass is 189 g/mol. The fraction of sp³-hybridized carbons (Fsp3) is 1.00. The Kier molecular flexibility index (Phi) is 3.58. The molecule has 0 heterocycles. The standard InChI is InChI=1S/C5H11F3NOP/c1-9-11(2,3)10-4-5(6,7)8/h4H2,1-3H3. The van der Waals surface area contributed by atoms with Crippen LogP contribution in [0.15, 0.2) is 4.74 Å². The number of hydrogen-bond donors (Lipinski definition) is 0. The van der Waals surface area contributed by atoms with Gasteiger partial charge in [0.25, 0.3) is 0 Å². The maximum Gasteiger partial charge on any atom is 0.412 e. The van der Waals surface area contributed by atoms with Crippen LogP contribution in [-0.2, 0) is 4.52 Å². The van der Waals surface area contributed by atoms with E-state index in [2.05, 4.69) is 9.27 Å². The van der Waals surface area contributed by atoms with Crippen molar-refractivity contribution < 1.29 is 17.7 Å². The van der Waals surface area contributed by atoms with Gasteiger partial charge in [-0.15, -0.1) is 0 Å². The molecular formula is C5H11F3NOP. The van der Waals surface area contributed by atoms with E-state index in [0.29, 0.717) is 0 Å².